The zero-order chi connectivity index (χ0) is 21.1. The molecule has 4 atom stereocenters. The van der Waals surface area contributed by atoms with Gasteiger partial charge < -0.3 is 4.74 Å². The molecule has 3 heteroatoms. The molecule has 0 bridgehead atoms. The summed E-state index contributed by atoms with van der Waals surface area (Å²) in [6, 6.07) is 4.68. The van der Waals surface area contributed by atoms with Crippen LogP contribution in [0.3, 0.4) is 0 Å². The fourth-order valence-electron chi connectivity index (χ4n) is 6.78. The second kappa shape index (κ2) is 9.83. The van der Waals surface area contributed by atoms with E-state index in [-0.39, 0.29) is 17.7 Å². The van der Waals surface area contributed by atoms with Crippen LogP contribution >= 0.6 is 0 Å². The van der Waals surface area contributed by atoms with Crippen LogP contribution in [0.4, 0.5) is 4.39 Å². The molecule has 2 nitrogen and oxygen atoms in total. The van der Waals surface area contributed by atoms with Crippen LogP contribution in [0, 0.1) is 48.2 Å². The molecule has 0 amide bonds. The summed E-state index contributed by atoms with van der Waals surface area (Å²) in [5, 5.41) is 0. The maximum Gasteiger partial charge on any atom is 0.314 e. The van der Waals surface area contributed by atoms with Crippen molar-refractivity contribution in [2.45, 2.75) is 90.9 Å². The van der Waals surface area contributed by atoms with Crippen molar-refractivity contribution in [2.75, 3.05) is 0 Å². The Kier molecular flexibility index (Phi) is 7.16. The highest BCUT2D eigenvalue weighted by molar-refractivity contribution is 5.75. The number of ether oxygens (including phenoxy) is 1. The van der Waals surface area contributed by atoms with E-state index in [9.17, 15) is 9.18 Å². The third-order valence-electron chi connectivity index (χ3n) is 8.59. The molecule has 0 aliphatic heterocycles. The number of hydrogen-bond donors (Lipinski definition) is 0. The lowest BCUT2D eigenvalue weighted by Crippen LogP contribution is -2.35. The van der Waals surface area contributed by atoms with Gasteiger partial charge in [0.2, 0.25) is 0 Å². The minimum absolute atomic E-state index is 0.0218. The van der Waals surface area contributed by atoms with Crippen LogP contribution in [-0.4, -0.2) is 5.97 Å². The van der Waals surface area contributed by atoms with Gasteiger partial charge in [0.1, 0.15) is 11.6 Å². The van der Waals surface area contributed by atoms with Crippen LogP contribution in [0.5, 0.6) is 5.75 Å². The SMILES string of the molecule is CCCC1CCC2CC(C3CCC(C(=O)Oc4ccc(C)c(F)c4)CC3)CCC2C1. The lowest BCUT2D eigenvalue weighted by atomic mass is 9.60. The van der Waals surface area contributed by atoms with E-state index < -0.39 is 0 Å². The average Bonchev–Trinajstić information content (AvgIpc) is 2.76. The molecule has 4 rings (SSSR count). The second-order valence-corrected chi connectivity index (χ2v) is 10.5. The molecule has 0 aromatic heterocycles. The maximum absolute atomic E-state index is 13.7. The monoisotopic (exact) mass is 414 g/mol. The van der Waals surface area contributed by atoms with Crippen LogP contribution in [0.15, 0.2) is 18.2 Å². The van der Waals surface area contributed by atoms with Crippen LogP contribution in [0.25, 0.3) is 0 Å². The number of hydrogen-bond acceptors (Lipinski definition) is 2. The highest BCUT2D eigenvalue weighted by Gasteiger charge is 2.39. The summed E-state index contributed by atoms with van der Waals surface area (Å²) in [5.74, 6) is 4.45. The third-order valence-corrected chi connectivity index (χ3v) is 8.59. The quantitative estimate of drug-likeness (QED) is 0.369. The van der Waals surface area contributed by atoms with Crippen LogP contribution in [-0.2, 0) is 4.79 Å². The molecule has 1 aromatic rings. The molecule has 0 radical (unpaired) electrons. The van der Waals surface area contributed by atoms with E-state index in [1.54, 1.807) is 19.1 Å². The first kappa shape index (κ1) is 21.8. The van der Waals surface area contributed by atoms with E-state index in [0.717, 1.165) is 55.3 Å². The summed E-state index contributed by atoms with van der Waals surface area (Å²) in [5.41, 5.74) is 0.573. The van der Waals surface area contributed by atoms with Crippen molar-refractivity contribution < 1.29 is 13.9 Å². The second-order valence-electron chi connectivity index (χ2n) is 10.5. The highest BCUT2D eigenvalue weighted by atomic mass is 19.1. The first-order chi connectivity index (χ1) is 14.5. The molecule has 3 aliphatic carbocycles. The molecule has 3 aliphatic rings. The Morgan fingerprint density at radius 3 is 2.27 bits per heavy atom. The van der Waals surface area contributed by atoms with Gasteiger partial charge in [-0.05, 0) is 106 Å². The Morgan fingerprint density at radius 2 is 1.57 bits per heavy atom. The van der Waals surface area contributed by atoms with Crippen molar-refractivity contribution >= 4 is 5.97 Å². The van der Waals surface area contributed by atoms with E-state index in [2.05, 4.69) is 6.92 Å². The summed E-state index contributed by atoms with van der Waals surface area (Å²) in [6.07, 6.45) is 15.6. The molecular formula is C27H39FO2. The molecule has 0 N–H and O–H groups in total. The molecule has 4 unspecified atom stereocenters. The van der Waals surface area contributed by atoms with E-state index in [1.807, 2.05) is 0 Å². The number of aryl methyl sites for hydroxylation is 1. The number of halogens is 1. The molecule has 3 fully saturated rings. The lowest BCUT2D eigenvalue weighted by Gasteiger charge is -2.45. The number of fused-ring (bicyclic) bond motifs is 1. The Bertz CT molecular complexity index is 722. The topological polar surface area (TPSA) is 26.3 Å². The van der Waals surface area contributed by atoms with Gasteiger partial charge >= 0.3 is 5.97 Å². The predicted octanol–water partition coefficient (Wildman–Crippen LogP) is 7.48. The molecule has 0 heterocycles. The summed E-state index contributed by atoms with van der Waals surface area (Å²) < 4.78 is 19.2. The van der Waals surface area contributed by atoms with Gasteiger partial charge in [-0.1, -0.05) is 32.3 Å². The van der Waals surface area contributed by atoms with E-state index in [4.69, 9.17) is 4.74 Å². The molecule has 166 valence electrons. The molecule has 0 saturated heterocycles. The number of carbonyl (C=O) groups is 1. The summed E-state index contributed by atoms with van der Waals surface area (Å²) in [6.45, 7) is 4.04. The van der Waals surface area contributed by atoms with Crippen molar-refractivity contribution in [3.63, 3.8) is 0 Å². The van der Waals surface area contributed by atoms with Crippen LogP contribution < -0.4 is 4.74 Å². The molecular weight excluding hydrogens is 375 g/mol. The standard InChI is InChI=1S/C27H39FO2/c1-3-4-19-6-7-24-16-23(13-12-22(24)15-19)20-8-10-21(11-9-20)27(29)30-25-14-5-18(2)26(28)17-25/h5,14,17,19-24H,3-4,6-13,15-16H2,1-2H3. The average molecular weight is 415 g/mol. The fourth-order valence-corrected chi connectivity index (χ4v) is 6.78. The largest absolute Gasteiger partial charge is 0.426 e. The summed E-state index contributed by atoms with van der Waals surface area (Å²) in [4.78, 5) is 12.6. The number of esters is 1. The Labute approximate surface area is 182 Å². The van der Waals surface area contributed by atoms with Crippen molar-refractivity contribution in [1.82, 2.24) is 0 Å². The number of rotatable bonds is 5. The Hall–Kier alpha value is -1.38. The van der Waals surface area contributed by atoms with Crippen LogP contribution in [0.2, 0.25) is 0 Å². The van der Waals surface area contributed by atoms with Gasteiger partial charge in [0.15, 0.2) is 0 Å². The van der Waals surface area contributed by atoms with Gasteiger partial charge in [0, 0.05) is 6.07 Å². The highest BCUT2D eigenvalue weighted by Crippen LogP contribution is 2.49. The molecule has 3 saturated carbocycles. The summed E-state index contributed by atoms with van der Waals surface area (Å²) >= 11 is 0. The minimum Gasteiger partial charge on any atom is -0.426 e. The van der Waals surface area contributed by atoms with Crippen molar-refractivity contribution in [1.29, 1.82) is 0 Å². The van der Waals surface area contributed by atoms with Crippen molar-refractivity contribution in [3.8, 4) is 5.75 Å². The van der Waals surface area contributed by atoms with Crippen molar-refractivity contribution in [3.05, 3.63) is 29.6 Å². The zero-order valence-electron chi connectivity index (χ0n) is 18.9. The van der Waals surface area contributed by atoms with E-state index >= 15 is 0 Å². The van der Waals surface area contributed by atoms with Gasteiger partial charge in [-0.15, -0.1) is 0 Å². The zero-order valence-corrected chi connectivity index (χ0v) is 18.9. The van der Waals surface area contributed by atoms with Gasteiger partial charge in [-0.3, -0.25) is 4.79 Å². The maximum atomic E-state index is 13.7. The molecule has 30 heavy (non-hydrogen) atoms. The first-order valence-electron chi connectivity index (χ1n) is 12.5. The Morgan fingerprint density at radius 1 is 0.933 bits per heavy atom. The lowest BCUT2D eigenvalue weighted by molar-refractivity contribution is -0.140. The van der Waals surface area contributed by atoms with E-state index in [0.29, 0.717) is 11.3 Å². The molecule has 1 aromatic carbocycles. The van der Waals surface area contributed by atoms with Crippen molar-refractivity contribution in [2.24, 2.45) is 35.5 Å². The number of carbonyl (C=O) groups excluding carboxylic acids is 1. The van der Waals surface area contributed by atoms with Gasteiger partial charge in [-0.25, -0.2) is 4.39 Å². The molecule has 0 spiro atoms. The van der Waals surface area contributed by atoms with Gasteiger partial charge in [0.05, 0.1) is 5.92 Å². The van der Waals surface area contributed by atoms with Gasteiger partial charge in [-0.2, -0.15) is 0 Å². The predicted molar refractivity (Wildman–Crippen MR) is 119 cm³/mol. The van der Waals surface area contributed by atoms with E-state index in [1.165, 1.54) is 57.4 Å². The minimum atomic E-state index is -0.316. The van der Waals surface area contributed by atoms with Gasteiger partial charge in [0.25, 0.3) is 0 Å². The number of benzene rings is 1. The Balaban J connectivity index is 1.24. The third kappa shape index (κ3) is 5.08. The fraction of sp³-hybridized carbons (Fsp3) is 0.741. The first-order valence-corrected chi connectivity index (χ1v) is 12.5. The van der Waals surface area contributed by atoms with Crippen LogP contribution in [0.1, 0.15) is 89.5 Å². The normalized spacial score (nSPS) is 34.2. The summed E-state index contributed by atoms with van der Waals surface area (Å²) in [7, 11) is 0. The smallest absolute Gasteiger partial charge is 0.314 e.